The van der Waals surface area contributed by atoms with Crippen LogP contribution in [-0.2, 0) is 5.88 Å². The van der Waals surface area contributed by atoms with E-state index < -0.39 is 0 Å². The van der Waals surface area contributed by atoms with Gasteiger partial charge in [0.05, 0.1) is 0 Å². The van der Waals surface area contributed by atoms with Crippen LogP contribution in [0.2, 0.25) is 0 Å². The fourth-order valence-electron chi connectivity index (χ4n) is 1.18. The number of anilines is 1. The molecule has 0 aliphatic heterocycles. The molecule has 1 heterocycles. The average molecular weight is 213 g/mol. The SMILES string of the molecule is Cc1nc(NC(C)(C)C)ccc1CCl. The van der Waals surface area contributed by atoms with Crippen molar-refractivity contribution in [2.24, 2.45) is 0 Å². The highest BCUT2D eigenvalue weighted by Crippen LogP contribution is 2.16. The third kappa shape index (κ3) is 3.18. The number of hydrogen-bond donors (Lipinski definition) is 1. The molecule has 0 aromatic carbocycles. The summed E-state index contributed by atoms with van der Waals surface area (Å²) in [7, 11) is 0. The molecule has 0 saturated carbocycles. The van der Waals surface area contributed by atoms with Crippen LogP contribution in [0.3, 0.4) is 0 Å². The lowest BCUT2D eigenvalue weighted by atomic mass is 10.1. The summed E-state index contributed by atoms with van der Waals surface area (Å²) in [6.07, 6.45) is 0. The molecule has 0 bridgehead atoms. The van der Waals surface area contributed by atoms with E-state index in [1.165, 1.54) is 0 Å². The van der Waals surface area contributed by atoms with Gasteiger partial charge in [-0.25, -0.2) is 4.98 Å². The first-order valence-electron chi connectivity index (χ1n) is 4.73. The Kier molecular flexibility index (Phi) is 3.38. The van der Waals surface area contributed by atoms with Gasteiger partial charge in [0.2, 0.25) is 0 Å². The van der Waals surface area contributed by atoms with E-state index in [2.05, 4.69) is 31.1 Å². The molecule has 0 fully saturated rings. The van der Waals surface area contributed by atoms with Crippen molar-refractivity contribution in [1.82, 2.24) is 4.98 Å². The molecule has 0 aliphatic carbocycles. The highest BCUT2D eigenvalue weighted by atomic mass is 35.5. The molecule has 0 unspecified atom stereocenters. The van der Waals surface area contributed by atoms with Gasteiger partial charge in [0.15, 0.2) is 0 Å². The number of alkyl halides is 1. The van der Waals surface area contributed by atoms with E-state index in [1.807, 2.05) is 19.1 Å². The Balaban J connectivity index is 2.87. The molecular weight excluding hydrogens is 196 g/mol. The quantitative estimate of drug-likeness (QED) is 0.761. The molecule has 1 N–H and O–H groups in total. The van der Waals surface area contributed by atoms with E-state index in [0.29, 0.717) is 5.88 Å². The Labute approximate surface area is 90.7 Å². The third-order valence-corrected chi connectivity index (χ3v) is 2.13. The maximum absolute atomic E-state index is 5.76. The molecule has 0 saturated heterocycles. The lowest BCUT2D eigenvalue weighted by Crippen LogP contribution is -2.26. The fourth-order valence-corrected chi connectivity index (χ4v) is 1.47. The fraction of sp³-hybridized carbons (Fsp3) is 0.545. The second-order valence-corrected chi connectivity index (χ2v) is 4.72. The van der Waals surface area contributed by atoms with E-state index in [9.17, 15) is 0 Å². The van der Waals surface area contributed by atoms with Gasteiger partial charge in [-0.15, -0.1) is 11.6 Å². The smallest absolute Gasteiger partial charge is 0.126 e. The molecule has 1 rings (SSSR count). The molecule has 0 aliphatic rings. The Morgan fingerprint density at radius 3 is 2.43 bits per heavy atom. The van der Waals surface area contributed by atoms with Crippen LogP contribution in [0.1, 0.15) is 32.0 Å². The molecule has 14 heavy (non-hydrogen) atoms. The number of aryl methyl sites for hydroxylation is 1. The highest BCUT2D eigenvalue weighted by Gasteiger charge is 2.10. The number of halogens is 1. The van der Waals surface area contributed by atoms with Crippen LogP contribution in [0.15, 0.2) is 12.1 Å². The summed E-state index contributed by atoms with van der Waals surface area (Å²) in [5.74, 6) is 1.43. The monoisotopic (exact) mass is 212 g/mol. The first-order valence-corrected chi connectivity index (χ1v) is 5.26. The van der Waals surface area contributed by atoms with Gasteiger partial charge < -0.3 is 5.32 Å². The van der Waals surface area contributed by atoms with Crippen LogP contribution in [0.4, 0.5) is 5.82 Å². The summed E-state index contributed by atoms with van der Waals surface area (Å²) in [6, 6.07) is 3.99. The van der Waals surface area contributed by atoms with Crippen molar-refractivity contribution in [3.05, 3.63) is 23.4 Å². The van der Waals surface area contributed by atoms with Gasteiger partial charge in [-0.05, 0) is 39.3 Å². The maximum atomic E-state index is 5.76. The summed E-state index contributed by atoms with van der Waals surface area (Å²) in [5.41, 5.74) is 2.13. The van der Waals surface area contributed by atoms with E-state index >= 15 is 0 Å². The van der Waals surface area contributed by atoms with E-state index in [-0.39, 0.29) is 5.54 Å². The standard InChI is InChI=1S/C11H17ClN2/c1-8-9(7-12)5-6-10(13-8)14-11(2,3)4/h5-6H,7H2,1-4H3,(H,13,14). The first kappa shape index (κ1) is 11.3. The van der Waals surface area contributed by atoms with Crippen LogP contribution in [-0.4, -0.2) is 10.5 Å². The minimum absolute atomic E-state index is 0.0436. The van der Waals surface area contributed by atoms with Crippen molar-refractivity contribution < 1.29 is 0 Å². The number of nitrogens with zero attached hydrogens (tertiary/aromatic N) is 1. The van der Waals surface area contributed by atoms with Gasteiger partial charge in [0, 0.05) is 17.1 Å². The largest absolute Gasteiger partial charge is 0.365 e. The second-order valence-electron chi connectivity index (χ2n) is 4.45. The van der Waals surface area contributed by atoms with Gasteiger partial charge in [-0.1, -0.05) is 6.07 Å². The molecule has 0 atom stereocenters. The van der Waals surface area contributed by atoms with Gasteiger partial charge in [0.1, 0.15) is 5.82 Å². The number of nitrogens with one attached hydrogen (secondary N) is 1. The van der Waals surface area contributed by atoms with Crippen molar-refractivity contribution in [1.29, 1.82) is 0 Å². The lowest BCUT2D eigenvalue weighted by Gasteiger charge is -2.21. The molecule has 0 radical (unpaired) electrons. The molecule has 0 amide bonds. The molecule has 1 aromatic rings. The van der Waals surface area contributed by atoms with Crippen LogP contribution in [0, 0.1) is 6.92 Å². The Morgan fingerprint density at radius 1 is 1.36 bits per heavy atom. The minimum Gasteiger partial charge on any atom is -0.365 e. The molecule has 1 aromatic heterocycles. The average Bonchev–Trinajstić information content (AvgIpc) is 2.01. The van der Waals surface area contributed by atoms with Crippen molar-refractivity contribution in [2.75, 3.05) is 5.32 Å². The van der Waals surface area contributed by atoms with Crippen LogP contribution in [0.5, 0.6) is 0 Å². The highest BCUT2D eigenvalue weighted by molar-refractivity contribution is 6.17. The zero-order valence-electron chi connectivity index (χ0n) is 9.19. The second kappa shape index (κ2) is 4.18. The zero-order valence-corrected chi connectivity index (χ0v) is 9.94. The predicted octanol–water partition coefficient (Wildman–Crippen LogP) is 3.34. The van der Waals surface area contributed by atoms with Crippen LogP contribution in [0.25, 0.3) is 0 Å². The molecule has 3 heteroatoms. The van der Waals surface area contributed by atoms with Crippen molar-refractivity contribution in [3.8, 4) is 0 Å². The molecular formula is C11H17ClN2. The Hall–Kier alpha value is -0.760. The number of pyridine rings is 1. The summed E-state index contributed by atoms with van der Waals surface area (Å²) in [5, 5.41) is 3.32. The minimum atomic E-state index is 0.0436. The van der Waals surface area contributed by atoms with Gasteiger partial charge in [0.25, 0.3) is 0 Å². The Morgan fingerprint density at radius 2 is 2.00 bits per heavy atom. The number of rotatable bonds is 2. The first-order chi connectivity index (χ1) is 6.42. The van der Waals surface area contributed by atoms with E-state index in [4.69, 9.17) is 11.6 Å². The number of hydrogen-bond acceptors (Lipinski definition) is 2. The molecule has 2 nitrogen and oxygen atoms in total. The van der Waals surface area contributed by atoms with Crippen molar-refractivity contribution >= 4 is 17.4 Å². The summed E-state index contributed by atoms with van der Waals surface area (Å²) >= 11 is 5.76. The lowest BCUT2D eigenvalue weighted by molar-refractivity contribution is 0.630. The maximum Gasteiger partial charge on any atom is 0.126 e. The molecule has 78 valence electrons. The van der Waals surface area contributed by atoms with Crippen molar-refractivity contribution in [3.63, 3.8) is 0 Å². The van der Waals surface area contributed by atoms with E-state index in [1.54, 1.807) is 0 Å². The Bertz CT molecular complexity index is 316. The van der Waals surface area contributed by atoms with Crippen LogP contribution < -0.4 is 5.32 Å². The zero-order chi connectivity index (χ0) is 10.8. The van der Waals surface area contributed by atoms with E-state index in [0.717, 1.165) is 17.1 Å². The normalized spacial score (nSPS) is 11.5. The van der Waals surface area contributed by atoms with Crippen molar-refractivity contribution in [2.45, 2.75) is 39.1 Å². The summed E-state index contributed by atoms with van der Waals surface area (Å²) in [4.78, 5) is 4.43. The van der Waals surface area contributed by atoms with Gasteiger partial charge in [-0.3, -0.25) is 0 Å². The predicted molar refractivity (Wildman–Crippen MR) is 61.9 cm³/mol. The molecule has 0 spiro atoms. The van der Waals surface area contributed by atoms with Crippen LogP contribution >= 0.6 is 11.6 Å². The van der Waals surface area contributed by atoms with Gasteiger partial charge >= 0.3 is 0 Å². The van der Waals surface area contributed by atoms with Gasteiger partial charge in [-0.2, -0.15) is 0 Å². The third-order valence-electron chi connectivity index (χ3n) is 1.84. The topological polar surface area (TPSA) is 24.9 Å². The summed E-state index contributed by atoms with van der Waals surface area (Å²) < 4.78 is 0. The summed E-state index contributed by atoms with van der Waals surface area (Å²) in [6.45, 7) is 8.31. The number of aromatic nitrogens is 1.